The van der Waals surface area contributed by atoms with Gasteiger partial charge < -0.3 is 24.8 Å². The highest BCUT2D eigenvalue weighted by Gasteiger charge is 2.27. The van der Waals surface area contributed by atoms with Crippen LogP contribution in [0.4, 0.5) is 10.5 Å². The van der Waals surface area contributed by atoms with Gasteiger partial charge in [-0.25, -0.2) is 4.79 Å². The van der Waals surface area contributed by atoms with Crippen LogP contribution in [0.3, 0.4) is 0 Å². The van der Waals surface area contributed by atoms with E-state index < -0.39 is 0 Å². The lowest BCUT2D eigenvalue weighted by Crippen LogP contribution is -2.43. The molecule has 1 aromatic carbocycles. The fourth-order valence-corrected chi connectivity index (χ4v) is 4.34. The summed E-state index contributed by atoms with van der Waals surface area (Å²) in [5, 5.41) is 2.95. The molecule has 0 atom stereocenters. The standard InChI is InChI=1S/C23H27N5O3.2ClH/c1-26-6-8-27(9-7-26)15-17-4-5-24-21(17)13-19-18-12-16(2-3-20(18)25-22(19)29)14-28-10-11-31-23(28)30;;/h2-5,12-13,24H,6-11,14-15H2,1H3,(H,25,29);2*1H/b19-13-;;. The summed E-state index contributed by atoms with van der Waals surface area (Å²) in [6, 6.07) is 7.94. The normalized spacial score (nSPS) is 19.7. The van der Waals surface area contributed by atoms with Crippen LogP contribution in [0.5, 0.6) is 0 Å². The van der Waals surface area contributed by atoms with Gasteiger partial charge in [0.25, 0.3) is 5.91 Å². The summed E-state index contributed by atoms with van der Waals surface area (Å²) in [6.07, 6.45) is 3.59. The van der Waals surface area contributed by atoms with Crippen LogP contribution < -0.4 is 5.32 Å². The predicted molar refractivity (Wildman–Crippen MR) is 133 cm³/mol. The maximum absolute atomic E-state index is 12.7. The van der Waals surface area contributed by atoms with Crippen molar-refractivity contribution in [1.82, 2.24) is 19.7 Å². The Morgan fingerprint density at radius 1 is 1.03 bits per heavy atom. The van der Waals surface area contributed by atoms with Crippen LogP contribution in [0, 0.1) is 0 Å². The van der Waals surface area contributed by atoms with Crippen molar-refractivity contribution in [3.05, 3.63) is 52.8 Å². The number of benzene rings is 1. The van der Waals surface area contributed by atoms with Gasteiger partial charge in [-0.1, -0.05) is 6.07 Å². The van der Waals surface area contributed by atoms with Gasteiger partial charge in [0.1, 0.15) is 6.61 Å². The first-order valence-electron chi connectivity index (χ1n) is 10.7. The number of hydrogen-bond donors (Lipinski definition) is 2. The smallest absolute Gasteiger partial charge is 0.410 e. The van der Waals surface area contributed by atoms with Crippen molar-refractivity contribution in [2.75, 3.05) is 51.7 Å². The van der Waals surface area contributed by atoms with Gasteiger partial charge in [0.15, 0.2) is 0 Å². The van der Waals surface area contributed by atoms with Crippen molar-refractivity contribution < 1.29 is 14.3 Å². The molecule has 3 aliphatic heterocycles. The van der Waals surface area contributed by atoms with Crippen molar-refractivity contribution >= 4 is 54.2 Å². The Bertz CT molecular complexity index is 1050. The Hall–Kier alpha value is -2.52. The van der Waals surface area contributed by atoms with Crippen LogP contribution in [0.2, 0.25) is 0 Å². The van der Waals surface area contributed by atoms with E-state index >= 15 is 0 Å². The van der Waals surface area contributed by atoms with E-state index in [4.69, 9.17) is 4.74 Å². The van der Waals surface area contributed by atoms with E-state index in [0.29, 0.717) is 25.3 Å². The summed E-state index contributed by atoms with van der Waals surface area (Å²) < 4.78 is 5.02. The maximum Gasteiger partial charge on any atom is 0.410 e. The monoisotopic (exact) mass is 493 g/mol. The third kappa shape index (κ3) is 5.35. The molecule has 2 saturated heterocycles. The summed E-state index contributed by atoms with van der Waals surface area (Å²) in [4.78, 5) is 34.2. The van der Waals surface area contributed by atoms with Crippen molar-refractivity contribution in [3.8, 4) is 0 Å². The number of anilines is 1. The van der Waals surface area contributed by atoms with E-state index in [2.05, 4.69) is 33.2 Å². The van der Waals surface area contributed by atoms with Gasteiger partial charge in [-0.15, -0.1) is 24.8 Å². The topological polar surface area (TPSA) is 80.9 Å². The lowest BCUT2D eigenvalue weighted by molar-refractivity contribution is -0.110. The summed E-state index contributed by atoms with van der Waals surface area (Å²) in [5.41, 5.74) is 5.44. The molecule has 1 aromatic heterocycles. The number of rotatable bonds is 5. The number of carbonyl (C=O) groups is 2. The molecule has 0 unspecified atom stereocenters. The maximum atomic E-state index is 12.7. The zero-order valence-electron chi connectivity index (χ0n) is 18.5. The molecule has 10 heteroatoms. The summed E-state index contributed by atoms with van der Waals surface area (Å²) in [7, 11) is 2.15. The van der Waals surface area contributed by atoms with E-state index in [9.17, 15) is 9.59 Å². The van der Waals surface area contributed by atoms with Crippen LogP contribution in [0.15, 0.2) is 30.5 Å². The SMILES string of the molecule is CN1CCN(Cc2cc[nH]c2/C=C2\C(=O)Nc3ccc(CN4CCOC4=O)cc32)CC1.Cl.Cl. The Balaban J connectivity index is 0.00000153. The van der Waals surface area contributed by atoms with E-state index in [1.807, 2.05) is 30.5 Å². The summed E-state index contributed by atoms with van der Waals surface area (Å²) in [5.74, 6) is -0.104. The summed E-state index contributed by atoms with van der Waals surface area (Å²) in [6.45, 7) is 6.60. The Morgan fingerprint density at radius 3 is 2.55 bits per heavy atom. The number of nitrogens with one attached hydrogen (secondary N) is 2. The number of ether oxygens (including phenoxy) is 1. The predicted octanol–water partition coefficient (Wildman–Crippen LogP) is 3.05. The average molecular weight is 494 g/mol. The quantitative estimate of drug-likeness (QED) is 0.625. The van der Waals surface area contributed by atoms with Gasteiger partial charge in [-0.2, -0.15) is 0 Å². The van der Waals surface area contributed by atoms with Crippen LogP contribution in [0.25, 0.3) is 11.6 Å². The van der Waals surface area contributed by atoms with Crippen molar-refractivity contribution in [1.29, 1.82) is 0 Å². The van der Waals surface area contributed by atoms with E-state index in [1.165, 1.54) is 5.56 Å². The average Bonchev–Trinajstić information content (AvgIpc) is 3.45. The number of cyclic esters (lactones) is 1. The van der Waals surface area contributed by atoms with Gasteiger partial charge in [-0.05, 0) is 42.4 Å². The third-order valence-electron chi connectivity index (χ3n) is 6.23. The fraction of sp³-hybridized carbons (Fsp3) is 0.391. The molecule has 8 nitrogen and oxygen atoms in total. The molecule has 33 heavy (non-hydrogen) atoms. The van der Waals surface area contributed by atoms with Crippen LogP contribution in [-0.4, -0.2) is 78.1 Å². The Morgan fingerprint density at radius 2 is 1.82 bits per heavy atom. The minimum Gasteiger partial charge on any atom is -0.448 e. The third-order valence-corrected chi connectivity index (χ3v) is 6.23. The molecule has 0 saturated carbocycles. The number of carbonyl (C=O) groups excluding carboxylic acids is 2. The Kier molecular flexibility index (Phi) is 8.07. The first kappa shape index (κ1) is 25.1. The molecule has 2 fully saturated rings. The van der Waals surface area contributed by atoms with Crippen LogP contribution in [0.1, 0.15) is 22.4 Å². The first-order valence-corrected chi connectivity index (χ1v) is 10.7. The minimum atomic E-state index is -0.287. The number of fused-ring (bicyclic) bond motifs is 1. The number of hydrogen-bond acceptors (Lipinski definition) is 5. The van der Waals surface area contributed by atoms with Gasteiger partial charge in [0.2, 0.25) is 0 Å². The van der Waals surface area contributed by atoms with Crippen LogP contribution in [-0.2, 0) is 22.6 Å². The van der Waals surface area contributed by atoms with Crippen molar-refractivity contribution in [2.24, 2.45) is 0 Å². The molecule has 3 aliphatic rings. The molecule has 4 heterocycles. The zero-order chi connectivity index (χ0) is 21.4. The first-order chi connectivity index (χ1) is 15.1. The molecule has 0 bridgehead atoms. The van der Waals surface area contributed by atoms with Gasteiger partial charge >= 0.3 is 6.09 Å². The van der Waals surface area contributed by atoms with E-state index in [1.54, 1.807) is 4.90 Å². The number of H-pyrrole nitrogens is 1. The number of aromatic nitrogens is 1. The molecule has 0 radical (unpaired) electrons. The second kappa shape index (κ2) is 10.6. The van der Waals surface area contributed by atoms with Gasteiger partial charge in [0, 0.05) is 62.4 Å². The molecular formula is C23H29Cl2N5O3. The minimum absolute atomic E-state index is 0. The number of amides is 2. The molecule has 178 valence electrons. The number of nitrogens with zero attached hydrogens (tertiary/aromatic N) is 3. The molecule has 0 aliphatic carbocycles. The fourth-order valence-electron chi connectivity index (χ4n) is 4.34. The number of halogens is 2. The largest absolute Gasteiger partial charge is 0.448 e. The van der Waals surface area contributed by atoms with Crippen molar-refractivity contribution in [3.63, 3.8) is 0 Å². The van der Waals surface area contributed by atoms with Gasteiger partial charge in [-0.3, -0.25) is 9.69 Å². The molecular weight excluding hydrogens is 465 g/mol. The van der Waals surface area contributed by atoms with E-state index in [-0.39, 0.29) is 36.8 Å². The van der Waals surface area contributed by atoms with Gasteiger partial charge in [0.05, 0.1) is 12.1 Å². The molecule has 2 aromatic rings. The second-order valence-corrected chi connectivity index (χ2v) is 8.42. The highest BCUT2D eigenvalue weighted by Crippen LogP contribution is 2.34. The van der Waals surface area contributed by atoms with Crippen molar-refractivity contribution in [2.45, 2.75) is 13.1 Å². The second-order valence-electron chi connectivity index (χ2n) is 8.42. The number of aromatic amines is 1. The number of likely N-dealkylation sites (N-methyl/N-ethyl adjacent to an activating group) is 1. The molecule has 5 rings (SSSR count). The Labute approximate surface area is 205 Å². The molecule has 0 spiro atoms. The molecule has 2 amide bonds. The molecule has 2 N–H and O–H groups in total. The summed E-state index contributed by atoms with van der Waals surface area (Å²) >= 11 is 0. The number of piperazine rings is 1. The lowest BCUT2D eigenvalue weighted by atomic mass is 10.0. The lowest BCUT2D eigenvalue weighted by Gasteiger charge is -2.32. The zero-order valence-corrected chi connectivity index (χ0v) is 20.1. The van der Waals surface area contributed by atoms with Crippen LogP contribution >= 0.6 is 24.8 Å². The highest BCUT2D eigenvalue weighted by atomic mass is 35.5. The highest BCUT2D eigenvalue weighted by molar-refractivity contribution is 6.34. The van der Waals surface area contributed by atoms with E-state index in [0.717, 1.165) is 55.2 Å².